The van der Waals surface area contributed by atoms with Crippen LogP contribution in [0.4, 0.5) is 0 Å². The molecule has 5 heteroatoms. The number of fused-ring (bicyclic) bond motifs is 1. The largest absolute Gasteiger partial charge is 0.504 e. The van der Waals surface area contributed by atoms with Crippen molar-refractivity contribution in [1.29, 1.82) is 0 Å². The van der Waals surface area contributed by atoms with Crippen LogP contribution in [0.25, 0.3) is 0 Å². The second-order valence-electron chi connectivity index (χ2n) is 5.15. The molecule has 0 radical (unpaired) electrons. The molecule has 0 aromatic heterocycles. The quantitative estimate of drug-likeness (QED) is 0.671. The highest BCUT2D eigenvalue weighted by Gasteiger charge is 2.26. The van der Waals surface area contributed by atoms with Crippen LogP contribution in [0, 0.1) is 0 Å². The molecule has 1 aliphatic heterocycles. The van der Waals surface area contributed by atoms with Crippen molar-refractivity contribution in [2.45, 2.75) is 12.3 Å². The van der Waals surface area contributed by atoms with Gasteiger partial charge in [-0.15, -0.1) is 0 Å². The fourth-order valence-corrected chi connectivity index (χ4v) is 3.72. The molecule has 1 atom stereocenters. The molecule has 1 heterocycles. The van der Waals surface area contributed by atoms with Gasteiger partial charge in [0.05, 0.1) is 5.02 Å². The lowest BCUT2D eigenvalue weighted by molar-refractivity contribution is 0.402. The van der Waals surface area contributed by atoms with Gasteiger partial charge in [-0.2, -0.15) is 0 Å². The first-order valence-corrected chi connectivity index (χ1v) is 7.95. The third-order valence-electron chi connectivity index (χ3n) is 3.91. The Morgan fingerprint density at radius 2 is 1.95 bits per heavy atom. The molecule has 0 amide bonds. The summed E-state index contributed by atoms with van der Waals surface area (Å²) in [6.45, 7) is 1.55. The minimum Gasteiger partial charge on any atom is -0.504 e. The highest BCUT2D eigenvalue weighted by atomic mass is 79.9. The van der Waals surface area contributed by atoms with Crippen LogP contribution in [0.15, 0.2) is 34.8 Å². The highest BCUT2D eigenvalue weighted by Crippen LogP contribution is 2.43. The minimum atomic E-state index is -0.233. The number of halogens is 2. The standard InChI is InChI=1S/C16H15BrClNO2/c17-13-4-2-1-3-9(13)12-8-19-6-5-10-11(12)7-14(20)16(21)15(10)18/h1-4,7,12,19-21H,5-6,8H2. The van der Waals surface area contributed by atoms with Crippen LogP contribution in [-0.2, 0) is 6.42 Å². The number of nitrogens with one attached hydrogen (secondary N) is 1. The average molecular weight is 369 g/mol. The molecule has 1 aliphatic rings. The van der Waals surface area contributed by atoms with Crippen molar-refractivity contribution in [2.75, 3.05) is 13.1 Å². The molecule has 0 saturated carbocycles. The fraction of sp³-hybridized carbons (Fsp3) is 0.250. The molecule has 0 spiro atoms. The van der Waals surface area contributed by atoms with E-state index in [0.29, 0.717) is 0 Å². The van der Waals surface area contributed by atoms with Crippen LogP contribution in [0.3, 0.4) is 0 Å². The summed E-state index contributed by atoms with van der Waals surface area (Å²) in [5.74, 6) is -0.331. The molecule has 3 rings (SSSR count). The molecule has 0 fully saturated rings. The second-order valence-corrected chi connectivity index (χ2v) is 6.39. The molecule has 2 aromatic rings. The first kappa shape index (κ1) is 14.7. The Kier molecular flexibility index (Phi) is 4.11. The van der Waals surface area contributed by atoms with Crippen LogP contribution < -0.4 is 5.32 Å². The maximum absolute atomic E-state index is 9.92. The minimum absolute atomic E-state index is 0.0714. The summed E-state index contributed by atoms with van der Waals surface area (Å²) in [6.07, 6.45) is 0.725. The summed E-state index contributed by atoms with van der Waals surface area (Å²) < 4.78 is 1.02. The van der Waals surface area contributed by atoms with Gasteiger partial charge in [0.25, 0.3) is 0 Å². The Labute approximate surface area is 136 Å². The third kappa shape index (κ3) is 2.63. The second kappa shape index (κ2) is 5.87. The highest BCUT2D eigenvalue weighted by molar-refractivity contribution is 9.10. The van der Waals surface area contributed by atoms with Gasteiger partial charge in [0.15, 0.2) is 11.5 Å². The van der Waals surface area contributed by atoms with E-state index in [-0.39, 0.29) is 22.4 Å². The first-order valence-electron chi connectivity index (χ1n) is 6.78. The number of hydrogen-bond donors (Lipinski definition) is 3. The molecule has 0 bridgehead atoms. The van der Waals surface area contributed by atoms with E-state index in [1.165, 1.54) is 0 Å². The van der Waals surface area contributed by atoms with Crippen molar-refractivity contribution in [1.82, 2.24) is 5.32 Å². The van der Waals surface area contributed by atoms with Gasteiger partial charge in [-0.3, -0.25) is 0 Å². The molecule has 110 valence electrons. The third-order valence-corrected chi connectivity index (χ3v) is 5.04. The summed E-state index contributed by atoms with van der Waals surface area (Å²) in [5.41, 5.74) is 3.00. The van der Waals surface area contributed by atoms with Crippen molar-refractivity contribution in [3.05, 3.63) is 56.5 Å². The molecular formula is C16H15BrClNO2. The molecule has 3 nitrogen and oxygen atoms in total. The van der Waals surface area contributed by atoms with Crippen LogP contribution >= 0.6 is 27.5 Å². The van der Waals surface area contributed by atoms with Gasteiger partial charge < -0.3 is 15.5 Å². The van der Waals surface area contributed by atoms with E-state index in [9.17, 15) is 10.2 Å². The maximum atomic E-state index is 9.92. The number of rotatable bonds is 1. The van der Waals surface area contributed by atoms with Gasteiger partial charge in [-0.25, -0.2) is 0 Å². The molecule has 2 aromatic carbocycles. The number of phenolic OH excluding ortho intramolecular Hbond substituents is 2. The van der Waals surface area contributed by atoms with Crippen molar-refractivity contribution < 1.29 is 10.2 Å². The summed E-state index contributed by atoms with van der Waals surface area (Å²) in [4.78, 5) is 0. The molecule has 1 unspecified atom stereocenters. The predicted octanol–water partition coefficient (Wildman–Crippen LogP) is 3.79. The predicted molar refractivity (Wildman–Crippen MR) is 87.3 cm³/mol. The van der Waals surface area contributed by atoms with Crippen molar-refractivity contribution >= 4 is 27.5 Å². The topological polar surface area (TPSA) is 52.5 Å². The van der Waals surface area contributed by atoms with Gasteiger partial charge in [-0.05, 0) is 41.8 Å². The SMILES string of the molecule is Oc1cc2c(c(Cl)c1O)CCNCC2c1ccccc1Br. The lowest BCUT2D eigenvalue weighted by Gasteiger charge is -2.21. The first-order chi connectivity index (χ1) is 10.1. The van der Waals surface area contributed by atoms with E-state index >= 15 is 0 Å². The van der Waals surface area contributed by atoms with Crippen molar-refractivity contribution in [3.8, 4) is 11.5 Å². The molecule has 21 heavy (non-hydrogen) atoms. The Balaban J connectivity index is 2.20. The number of hydrogen-bond acceptors (Lipinski definition) is 3. The van der Waals surface area contributed by atoms with Crippen LogP contribution in [0.1, 0.15) is 22.6 Å². The van der Waals surface area contributed by atoms with Crippen molar-refractivity contribution in [3.63, 3.8) is 0 Å². The molecule has 0 saturated heterocycles. The van der Waals surface area contributed by atoms with E-state index in [1.54, 1.807) is 6.07 Å². The van der Waals surface area contributed by atoms with Gasteiger partial charge in [0, 0.05) is 16.9 Å². The zero-order chi connectivity index (χ0) is 15.0. The fourth-order valence-electron chi connectivity index (χ4n) is 2.85. The summed E-state index contributed by atoms with van der Waals surface area (Å²) in [6, 6.07) is 9.66. The monoisotopic (exact) mass is 367 g/mol. The summed E-state index contributed by atoms with van der Waals surface area (Å²) in [5, 5.41) is 23.4. The number of benzene rings is 2. The number of aromatic hydroxyl groups is 2. The normalized spacial score (nSPS) is 18.1. The van der Waals surface area contributed by atoms with E-state index in [1.807, 2.05) is 18.2 Å². The average Bonchev–Trinajstić information content (AvgIpc) is 2.68. The van der Waals surface area contributed by atoms with Gasteiger partial charge in [0.1, 0.15) is 0 Å². The Morgan fingerprint density at radius 3 is 2.71 bits per heavy atom. The number of phenols is 2. The Hall–Kier alpha value is -1.23. The van der Waals surface area contributed by atoms with Gasteiger partial charge in [-0.1, -0.05) is 45.7 Å². The maximum Gasteiger partial charge on any atom is 0.176 e. The van der Waals surface area contributed by atoms with Crippen LogP contribution in [0.5, 0.6) is 11.5 Å². The van der Waals surface area contributed by atoms with Crippen LogP contribution in [0.2, 0.25) is 5.02 Å². The molecule has 0 aliphatic carbocycles. The van der Waals surface area contributed by atoms with E-state index in [0.717, 1.165) is 40.7 Å². The zero-order valence-corrected chi connectivity index (χ0v) is 13.6. The zero-order valence-electron chi connectivity index (χ0n) is 11.2. The molecular weight excluding hydrogens is 354 g/mol. The summed E-state index contributed by atoms with van der Waals surface area (Å²) >= 11 is 9.82. The van der Waals surface area contributed by atoms with Crippen LogP contribution in [-0.4, -0.2) is 23.3 Å². The smallest absolute Gasteiger partial charge is 0.176 e. The van der Waals surface area contributed by atoms with E-state index in [4.69, 9.17) is 11.6 Å². The lowest BCUT2D eigenvalue weighted by atomic mass is 9.87. The van der Waals surface area contributed by atoms with Gasteiger partial charge >= 0.3 is 0 Å². The molecule has 3 N–H and O–H groups in total. The van der Waals surface area contributed by atoms with E-state index < -0.39 is 0 Å². The Morgan fingerprint density at radius 1 is 1.19 bits per heavy atom. The Bertz CT molecular complexity index is 690. The lowest BCUT2D eigenvalue weighted by Crippen LogP contribution is -2.21. The summed E-state index contributed by atoms with van der Waals surface area (Å²) in [7, 11) is 0. The van der Waals surface area contributed by atoms with E-state index in [2.05, 4.69) is 27.3 Å². The van der Waals surface area contributed by atoms with Gasteiger partial charge in [0.2, 0.25) is 0 Å². The van der Waals surface area contributed by atoms with Crippen molar-refractivity contribution in [2.24, 2.45) is 0 Å².